The summed E-state index contributed by atoms with van der Waals surface area (Å²) in [6.45, 7) is 2.88. The van der Waals surface area contributed by atoms with E-state index < -0.39 is 5.97 Å². The fraction of sp³-hybridized carbons (Fsp3) is 0.909. The second kappa shape index (κ2) is 9.87. The second-order valence-corrected chi connectivity index (χ2v) is 4.58. The fourth-order valence-corrected chi connectivity index (χ4v) is 1.44. The number of halogens is 1. The van der Waals surface area contributed by atoms with Gasteiger partial charge in [0.1, 0.15) is 6.54 Å². The number of rotatable bonds is 9. The van der Waals surface area contributed by atoms with E-state index in [1.807, 2.05) is 0 Å². The minimum atomic E-state index is -0.692. The van der Waals surface area contributed by atoms with E-state index in [1.165, 1.54) is 0 Å². The van der Waals surface area contributed by atoms with Crippen LogP contribution < -0.4 is 0 Å². The summed E-state index contributed by atoms with van der Waals surface area (Å²) in [7, 11) is 6.07. The van der Waals surface area contributed by atoms with Gasteiger partial charge in [-0.05, 0) is 19.3 Å². The smallest absolute Gasteiger partial charge is 0.303 e. The standard InChI is InChI=1S/C11H23NO3.ClH/c1-12(2,9-10-15-3)8-6-4-5-7-11(13)14;/h4-10H2,1-3H3;1H/p+1. The van der Waals surface area contributed by atoms with Gasteiger partial charge in [0.15, 0.2) is 0 Å². The highest BCUT2D eigenvalue weighted by molar-refractivity contribution is 5.85. The predicted octanol–water partition coefficient (Wildman–Crippen LogP) is 1.78. The Morgan fingerprint density at radius 1 is 1.19 bits per heavy atom. The molecule has 0 radical (unpaired) electrons. The van der Waals surface area contributed by atoms with Crippen molar-refractivity contribution in [2.45, 2.75) is 25.7 Å². The topological polar surface area (TPSA) is 46.5 Å². The van der Waals surface area contributed by atoms with Crippen LogP contribution in [0.1, 0.15) is 25.7 Å². The van der Waals surface area contributed by atoms with Crippen molar-refractivity contribution in [2.24, 2.45) is 0 Å². The molecule has 0 saturated carbocycles. The van der Waals surface area contributed by atoms with Gasteiger partial charge in [0, 0.05) is 13.5 Å². The molecule has 5 heteroatoms. The first-order valence-corrected chi connectivity index (χ1v) is 5.51. The van der Waals surface area contributed by atoms with Crippen LogP contribution in [0.5, 0.6) is 0 Å². The molecule has 0 fully saturated rings. The molecule has 0 aromatic rings. The van der Waals surface area contributed by atoms with E-state index in [1.54, 1.807) is 7.11 Å². The molecule has 4 nitrogen and oxygen atoms in total. The molecular formula is C11H25ClNO3+. The van der Waals surface area contributed by atoms with Gasteiger partial charge < -0.3 is 14.3 Å². The number of aliphatic carboxylic acids is 1. The molecule has 0 heterocycles. The third-order valence-electron chi connectivity index (χ3n) is 2.55. The van der Waals surface area contributed by atoms with Crippen molar-refractivity contribution in [3.05, 3.63) is 0 Å². The van der Waals surface area contributed by atoms with Crippen LogP contribution in [-0.2, 0) is 9.53 Å². The lowest BCUT2D eigenvalue weighted by molar-refractivity contribution is -0.890. The maximum atomic E-state index is 10.3. The minimum absolute atomic E-state index is 0. The molecule has 0 rings (SSSR count). The van der Waals surface area contributed by atoms with Crippen molar-refractivity contribution in [3.63, 3.8) is 0 Å². The van der Waals surface area contributed by atoms with Gasteiger partial charge in [0.05, 0.1) is 27.2 Å². The van der Waals surface area contributed by atoms with E-state index in [-0.39, 0.29) is 12.4 Å². The molecule has 0 spiro atoms. The largest absolute Gasteiger partial charge is 0.481 e. The first-order valence-electron chi connectivity index (χ1n) is 5.51. The molecular weight excluding hydrogens is 230 g/mol. The molecule has 0 aliphatic heterocycles. The monoisotopic (exact) mass is 254 g/mol. The number of ether oxygens (including phenoxy) is 1. The molecule has 0 aromatic heterocycles. The zero-order valence-electron chi connectivity index (χ0n) is 10.6. The van der Waals surface area contributed by atoms with Crippen LogP contribution in [0.4, 0.5) is 0 Å². The molecule has 0 aliphatic carbocycles. The summed E-state index contributed by atoms with van der Waals surface area (Å²) < 4.78 is 5.99. The molecule has 0 unspecified atom stereocenters. The van der Waals surface area contributed by atoms with Gasteiger partial charge in [-0.2, -0.15) is 0 Å². The van der Waals surface area contributed by atoms with Gasteiger partial charge in [-0.3, -0.25) is 4.79 Å². The lowest BCUT2D eigenvalue weighted by atomic mass is 10.2. The number of hydrogen-bond acceptors (Lipinski definition) is 2. The van der Waals surface area contributed by atoms with Crippen LogP contribution in [0.2, 0.25) is 0 Å². The molecule has 0 bridgehead atoms. The average Bonchev–Trinajstić information content (AvgIpc) is 2.14. The van der Waals surface area contributed by atoms with Crippen molar-refractivity contribution in [1.29, 1.82) is 0 Å². The highest BCUT2D eigenvalue weighted by atomic mass is 35.5. The summed E-state index contributed by atoms with van der Waals surface area (Å²) in [6.07, 6.45) is 3.18. The van der Waals surface area contributed by atoms with Gasteiger partial charge >= 0.3 is 5.97 Å². The van der Waals surface area contributed by atoms with Crippen molar-refractivity contribution in [1.82, 2.24) is 0 Å². The Bertz CT molecular complexity index is 186. The quantitative estimate of drug-likeness (QED) is 0.504. The van der Waals surface area contributed by atoms with Gasteiger partial charge in [-0.15, -0.1) is 12.4 Å². The summed E-state index contributed by atoms with van der Waals surface area (Å²) in [6, 6.07) is 0. The van der Waals surface area contributed by atoms with E-state index in [4.69, 9.17) is 9.84 Å². The maximum absolute atomic E-state index is 10.3. The van der Waals surface area contributed by atoms with Gasteiger partial charge in [-0.1, -0.05) is 0 Å². The third-order valence-corrected chi connectivity index (χ3v) is 2.55. The summed E-state index contributed by atoms with van der Waals surface area (Å²) in [5, 5.41) is 8.47. The Labute approximate surface area is 105 Å². The predicted molar refractivity (Wildman–Crippen MR) is 67.1 cm³/mol. The van der Waals surface area contributed by atoms with E-state index >= 15 is 0 Å². The van der Waals surface area contributed by atoms with E-state index in [0.29, 0.717) is 6.42 Å². The minimum Gasteiger partial charge on any atom is -0.481 e. The van der Waals surface area contributed by atoms with Crippen LogP contribution in [0.25, 0.3) is 0 Å². The Hall–Kier alpha value is -0.320. The third kappa shape index (κ3) is 11.8. The SMILES string of the molecule is COCC[N+](C)(C)CCCCCC(=O)O.Cl. The average molecular weight is 255 g/mol. The van der Waals surface area contributed by atoms with Crippen LogP contribution in [-0.4, -0.2) is 56.5 Å². The fourth-order valence-electron chi connectivity index (χ4n) is 1.44. The molecule has 0 aromatic carbocycles. The maximum Gasteiger partial charge on any atom is 0.303 e. The first kappa shape index (κ1) is 18.1. The second-order valence-electron chi connectivity index (χ2n) is 4.58. The number of unbranched alkanes of at least 4 members (excludes halogenated alkanes) is 2. The Kier molecular flexibility index (Phi) is 11.1. The zero-order valence-corrected chi connectivity index (χ0v) is 11.4. The normalized spacial score (nSPS) is 10.9. The van der Waals surface area contributed by atoms with E-state index in [9.17, 15) is 4.79 Å². The number of nitrogens with zero attached hydrogens (tertiary/aromatic N) is 1. The van der Waals surface area contributed by atoms with Gasteiger partial charge in [-0.25, -0.2) is 0 Å². The molecule has 0 atom stereocenters. The Morgan fingerprint density at radius 3 is 2.31 bits per heavy atom. The van der Waals surface area contributed by atoms with Crippen LogP contribution in [0.15, 0.2) is 0 Å². The number of carbonyl (C=O) groups is 1. The van der Waals surface area contributed by atoms with Crippen LogP contribution >= 0.6 is 12.4 Å². The van der Waals surface area contributed by atoms with Crippen LogP contribution in [0.3, 0.4) is 0 Å². The molecule has 98 valence electrons. The van der Waals surface area contributed by atoms with Crippen molar-refractivity contribution >= 4 is 18.4 Å². The molecule has 16 heavy (non-hydrogen) atoms. The number of carboxylic acids is 1. The van der Waals surface area contributed by atoms with Crippen molar-refractivity contribution in [3.8, 4) is 0 Å². The highest BCUT2D eigenvalue weighted by Crippen LogP contribution is 2.05. The molecule has 1 N–H and O–H groups in total. The van der Waals surface area contributed by atoms with Crippen LogP contribution in [0, 0.1) is 0 Å². The lowest BCUT2D eigenvalue weighted by Gasteiger charge is -2.29. The number of likely N-dealkylation sites (N-methyl/N-ethyl adjacent to an activating group) is 1. The van der Waals surface area contributed by atoms with E-state index in [2.05, 4.69) is 14.1 Å². The summed E-state index contributed by atoms with van der Waals surface area (Å²) in [5.41, 5.74) is 0. The first-order chi connectivity index (χ1) is 6.98. The molecule has 0 aliphatic rings. The lowest BCUT2D eigenvalue weighted by Crippen LogP contribution is -2.42. The number of methoxy groups -OCH3 is 1. The highest BCUT2D eigenvalue weighted by Gasteiger charge is 2.13. The van der Waals surface area contributed by atoms with Gasteiger partial charge in [0.2, 0.25) is 0 Å². The Balaban J connectivity index is 0. The molecule has 0 amide bonds. The zero-order chi connectivity index (χ0) is 11.7. The van der Waals surface area contributed by atoms with Crippen molar-refractivity contribution < 1.29 is 19.1 Å². The number of carboxylic acid groups (broad SMARTS) is 1. The van der Waals surface area contributed by atoms with E-state index in [0.717, 1.165) is 43.4 Å². The number of hydrogen-bond donors (Lipinski definition) is 1. The number of quaternary nitrogens is 1. The summed E-state index contributed by atoms with van der Waals surface area (Å²) in [4.78, 5) is 10.3. The Morgan fingerprint density at radius 2 is 1.81 bits per heavy atom. The molecule has 0 saturated heterocycles. The summed E-state index contributed by atoms with van der Waals surface area (Å²) in [5.74, 6) is -0.692. The summed E-state index contributed by atoms with van der Waals surface area (Å²) >= 11 is 0. The van der Waals surface area contributed by atoms with Gasteiger partial charge in [0.25, 0.3) is 0 Å². The van der Waals surface area contributed by atoms with Crippen molar-refractivity contribution in [2.75, 3.05) is 40.9 Å².